The molecule has 1 N–H and O–H groups in total. The Bertz CT molecular complexity index is 581. The van der Waals surface area contributed by atoms with Crippen LogP contribution < -0.4 is 10.2 Å². The molecule has 0 saturated carbocycles. The van der Waals surface area contributed by atoms with Crippen LogP contribution in [0, 0.1) is 0 Å². The third-order valence-corrected chi connectivity index (χ3v) is 3.36. The minimum absolute atomic E-state index is 0.407. The number of hydrogen-bond acceptors (Lipinski definition) is 4. The van der Waals surface area contributed by atoms with Crippen LogP contribution in [0.25, 0.3) is 0 Å². The summed E-state index contributed by atoms with van der Waals surface area (Å²) in [5.74, 6) is 0.750. The van der Waals surface area contributed by atoms with Gasteiger partial charge in [-0.2, -0.15) is 0 Å². The van der Waals surface area contributed by atoms with E-state index in [1.54, 1.807) is 7.05 Å². The lowest BCUT2D eigenvalue weighted by Crippen LogP contribution is -2.20. The van der Waals surface area contributed by atoms with E-state index in [0.29, 0.717) is 17.4 Å². The fourth-order valence-electron chi connectivity index (χ4n) is 1.90. The third kappa shape index (κ3) is 2.93. The van der Waals surface area contributed by atoms with E-state index in [1.165, 1.54) is 6.33 Å². The molecule has 0 fully saturated rings. The molecule has 102 valence electrons. The molecule has 2 aromatic heterocycles. The first-order valence-electron chi connectivity index (χ1n) is 5.73. The minimum Gasteiger partial charge on any atom is -0.383 e. The van der Waals surface area contributed by atoms with Crippen molar-refractivity contribution in [2.45, 2.75) is 6.54 Å². The van der Waals surface area contributed by atoms with Gasteiger partial charge in [-0.3, -0.25) is 0 Å². The van der Waals surface area contributed by atoms with Gasteiger partial charge in [-0.15, -0.1) is 0 Å². The topological polar surface area (TPSA) is 46.0 Å². The van der Waals surface area contributed by atoms with Gasteiger partial charge in [0, 0.05) is 33.0 Å². The Morgan fingerprint density at radius 2 is 2.11 bits per heavy atom. The second kappa shape index (κ2) is 5.67. The standard InChI is InChI=1S/C12H15Cl2N5/c1-15-10-11(14)16-7-17-12(10)19(3)6-9-4-8(13)5-18(9)2/h4-5,7,15H,6H2,1-3H3. The first-order valence-corrected chi connectivity index (χ1v) is 6.48. The molecule has 2 heterocycles. The van der Waals surface area contributed by atoms with Gasteiger partial charge in [0.2, 0.25) is 0 Å². The van der Waals surface area contributed by atoms with Crippen molar-refractivity contribution in [1.82, 2.24) is 14.5 Å². The molecule has 19 heavy (non-hydrogen) atoms. The lowest BCUT2D eigenvalue weighted by Gasteiger charge is -2.21. The molecule has 0 bridgehead atoms. The van der Waals surface area contributed by atoms with Crippen molar-refractivity contribution in [1.29, 1.82) is 0 Å². The highest BCUT2D eigenvalue weighted by molar-refractivity contribution is 6.32. The quantitative estimate of drug-likeness (QED) is 0.882. The lowest BCUT2D eigenvalue weighted by atomic mass is 10.3. The molecule has 5 nitrogen and oxygen atoms in total. The Hall–Kier alpha value is -1.46. The normalized spacial score (nSPS) is 10.6. The first-order chi connectivity index (χ1) is 9.02. The molecule has 0 spiro atoms. The fraction of sp³-hybridized carbons (Fsp3) is 0.333. The van der Waals surface area contributed by atoms with E-state index < -0.39 is 0 Å². The van der Waals surface area contributed by atoms with E-state index in [0.717, 1.165) is 16.5 Å². The molecule has 2 rings (SSSR count). The van der Waals surface area contributed by atoms with Crippen LogP contribution in [0.15, 0.2) is 18.6 Å². The van der Waals surface area contributed by atoms with Crippen LogP contribution in [0.3, 0.4) is 0 Å². The molecule has 0 amide bonds. The van der Waals surface area contributed by atoms with Crippen LogP contribution in [0.2, 0.25) is 10.2 Å². The summed E-state index contributed by atoms with van der Waals surface area (Å²) < 4.78 is 1.99. The number of nitrogens with one attached hydrogen (secondary N) is 1. The van der Waals surface area contributed by atoms with Gasteiger partial charge in [0.05, 0.1) is 11.6 Å². The highest BCUT2D eigenvalue weighted by atomic mass is 35.5. The summed E-state index contributed by atoms with van der Waals surface area (Å²) in [5, 5.41) is 4.15. The van der Waals surface area contributed by atoms with Crippen molar-refractivity contribution in [3.63, 3.8) is 0 Å². The number of aryl methyl sites for hydroxylation is 1. The lowest BCUT2D eigenvalue weighted by molar-refractivity contribution is 0.782. The predicted molar refractivity (Wildman–Crippen MR) is 79.1 cm³/mol. The van der Waals surface area contributed by atoms with E-state index >= 15 is 0 Å². The summed E-state index contributed by atoms with van der Waals surface area (Å²) in [6.07, 6.45) is 3.32. The van der Waals surface area contributed by atoms with Crippen molar-refractivity contribution >= 4 is 34.7 Å². The maximum absolute atomic E-state index is 6.05. The molecular formula is C12H15Cl2N5. The van der Waals surface area contributed by atoms with E-state index in [1.807, 2.05) is 35.8 Å². The van der Waals surface area contributed by atoms with Crippen LogP contribution in [-0.2, 0) is 13.6 Å². The summed E-state index contributed by atoms with van der Waals surface area (Å²) >= 11 is 12.0. The number of nitrogens with zero attached hydrogens (tertiary/aromatic N) is 4. The maximum atomic E-state index is 6.05. The van der Waals surface area contributed by atoms with Gasteiger partial charge in [0.1, 0.15) is 12.0 Å². The number of anilines is 2. The Balaban J connectivity index is 2.27. The predicted octanol–water partition coefficient (Wildman–Crippen LogP) is 2.80. The number of halogens is 2. The Morgan fingerprint density at radius 3 is 2.68 bits per heavy atom. The third-order valence-electron chi connectivity index (χ3n) is 2.87. The summed E-state index contributed by atoms with van der Waals surface area (Å²) in [5.41, 5.74) is 1.80. The van der Waals surface area contributed by atoms with Gasteiger partial charge < -0.3 is 14.8 Å². The zero-order valence-electron chi connectivity index (χ0n) is 11.0. The van der Waals surface area contributed by atoms with Gasteiger partial charge in [0.25, 0.3) is 0 Å². The van der Waals surface area contributed by atoms with Crippen molar-refractivity contribution in [3.8, 4) is 0 Å². The van der Waals surface area contributed by atoms with Crippen molar-refractivity contribution in [2.24, 2.45) is 7.05 Å². The van der Waals surface area contributed by atoms with E-state index in [4.69, 9.17) is 23.2 Å². The van der Waals surface area contributed by atoms with Crippen molar-refractivity contribution < 1.29 is 0 Å². The van der Waals surface area contributed by atoms with Gasteiger partial charge in [-0.1, -0.05) is 23.2 Å². The van der Waals surface area contributed by atoms with Crippen LogP contribution in [0.1, 0.15) is 5.69 Å². The SMILES string of the molecule is CNc1c(Cl)ncnc1N(C)Cc1cc(Cl)cn1C. The molecule has 0 unspecified atom stereocenters. The first kappa shape index (κ1) is 14.0. The molecular weight excluding hydrogens is 285 g/mol. The van der Waals surface area contributed by atoms with E-state index in [2.05, 4.69) is 15.3 Å². The van der Waals surface area contributed by atoms with Crippen molar-refractivity contribution in [2.75, 3.05) is 24.3 Å². The maximum Gasteiger partial charge on any atom is 0.157 e. The highest BCUT2D eigenvalue weighted by Gasteiger charge is 2.14. The molecule has 0 aliphatic rings. The Morgan fingerprint density at radius 1 is 1.37 bits per heavy atom. The smallest absolute Gasteiger partial charge is 0.157 e. The zero-order chi connectivity index (χ0) is 14.0. The molecule has 0 radical (unpaired) electrons. The second-order valence-corrected chi connectivity index (χ2v) is 5.02. The molecule has 7 heteroatoms. The zero-order valence-corrected chi connectivity index (χ0v) is 12.5. The molecule has 0 aliphatic heterocycles. The van der Waals surface area contributed by atoms with Crippen LogP contribution >= 0.6 is 23.2 Å². The van der Waals surface area contributed by atoms with Gasteiger partial charge in [-0.05, 0) is 6.07 Å². The van der Waals surface area contributed by atoms with Crippen LogP contribution in [0.4, 0.5) is 11.5 Å². The van der Waals surface area contributed by atoms with Gasteiger partial charge in [-0.25, -0.2) is 9.97 Å². The molecule has 0 aliphatic carbocycles. The molecule has 0 atom stereocenters. The fourth-order valence-corrected chi connectivity index (χ4v) is 2.40. The Labute approximate surface area is 122 Å². The second-order valence-electron chi connectivity index (χ2n) is 4.23. The monoisotopic (exact) mass is 299 g/mol. The van der Waals surface area contributed by atoms with Crippen LogP contribution in [0.5, 0.6) is 0 Å². The number of rotatable bonds is 4. The van der Waals surface area contributed by atoms with Crippen molar-refractivity contribution in [3.05, 3.63) is 34.5 Å². The number of hydrogen-bond donors (Lipinski definition) is 1. The molecule has 2 aromatic rings. The van der Waals surface area contributed by atoms with Crippen LogP contribution in [-0.4, -0.2) is 28.6 Å². The minimum atomic E-state index is 0.407. The average Bonchev–Trinajstić information content (AvgIpc) is 2.67. The van der Waals surface area contributed by atoms with Gasteiger partial charge >= 0.3 is 0 Å². The highest BCUT2D eigenvalue weighted by Crippen LogP contribution is 2.29. The van der Waals surface area contributed by atoms with Gasteiger partial charge in [0.15, 0.2) is 11.0 Å². The summed E-state index contributed by atoms with van der Waals surface area (Å²) in [4.78, 5) is 10.2. The molecule has 0 saturated heterocycles. The average molecular weight is 300 g/mol. The summed E-state index contributed by atoms with van der Waals surface area (Å²) in [7, 11) is 5.70. The largest absolute Gasteiger partial charge is 0.383 e. The summed E-state index contributed by atoms with van der Waals surface area (Å²) in [6, 6.07) is 1.93. The summed E-state index contributed by atoms with van der Waals surface area (Å²) in [6.45, 7) is 0.672. The van der Waals surface area contributed by atoms with E-state index in [-0.39, 0.29) is 0 Å². The number of aromatic nitrogens is 3. The molecule has 0 aromatic carbocycles. The van der Waals surface area contributed by atoms with E-state index in [9.17, 15) is 0 Å². The Kier molecular flexibility index (Phi) is 4.17.